The minimum Gasteiger partial charge on any atom is -0.359 e. The Balaban J connectivity index is 1.69. The number of amides is 2. The van der Waals surface area contributed by atoms with Crippen LogP contribution < -0.4 is 10.0 Å². The number of piperidine rings is 1. The maximum Gasteiger partial charge on any atom is 0.262 e. The Morgan fingerprint density at radius 1 is 0.968 bits per heavy atom. The first-order chi connectivity index (χ1) is 14.6. The predicted molar refractivity (Wildman–Crippen MR) is 121 cm³/mol. The quantitative estimate of drug-likeness (QED) is 0.743. The smallest absolute Gasteiger partial charge is 0.262 e. The molecule has 2 amide bonds. The van der Waals surface area contributed by atoms with Crippen LogP contribution in [0, 0.1) is 26.7 Å². The van der Waals surface area contributed by atoms with E-state index in [1.165, 1.54) is 0 Å². The number of aryl methyl sites for hydroxylation is 3. The lowest BCUT2D eigenvalue weighted by atomic mass is 9.95. The zero-order chi connectivity index (χ0) is 22.8. The van der Waals surface area contributed by atoms with E-state index in [2.05, 4.69) is 10.0 Å². The van der Waals surface area contributed by atoms with Crippen LogP contribution in [0.3, 0.4) is 0 Å². The van der Waals surface area contributed by atoms with Crippen LogP contribution in [0.2, 0.25) is 0 Å². The molecule has 0 aliphatic carbocycles. The van der Waals surface area contributed by atoms with Crippen LogP contribution in [0.1, 0.15) is 39.9 Å². The largest absolute Gasteiger partial charge is 0.359 e. The molecule has 2 N–H and O–H groups in total. The van der Waals surface area contributed by atoms with Crippen molar-refractivity contribution in [1.82, 2.24) is 10.2 Å². The third-order valence-electron chi connectivity index (χ3n) is 5.66. The first-order valence-corrected chi connectivity index (χ1v) is 11.8. The molecule has 2 aromatic rings. The van der Waals surface area contributed by atoms with Crippen molar-refractivity contribution < 1.29 is 18.0 Å². The Hall–Kier alpha value is -2.87. The Labute approximate surface area is 183 Å². The van der Waals surface area contributed by atoms with Gasteiger partial charge in [-0.2, -0.15) is 0 Å². The molecule has 0 atom stereocenters. The first kappa shape index (κ1) is 22.8. The van der Waals surface area contributed by atoms with E-state index < -0.39 is 10.0 Å². The maximum absolute atomic E-state index is 12.9. The predicted octanol–water partition coefficient (Wildman–Crippen LogP) is 3.01. The fourth-order valence-electron chi connectivity index (χ4n) is 4.21. The minimum absolute atomic E-state index is 0.0165. The van der Waals surface area contributed by atoms with Gasteiger partial charge < -0.3 is 10.2 Å². The second-order valence-electron chi connectivity index (χ2n) is 8.09. The maximum atomic E-state index is 12.9. The van der Waals surface area contributed by atoms with E-state index in [1.54, 1.807) is 50.1 Å². The van der Waals surface area contributed by atoms with Gasteiger partial charge >= 0.3 is 0 Å². The van der Waals surface area contributed by atoms with E-state index in [9.17, 15) is 18.0 Å². The molecular formula is C23H29N3O4S. The fourth-order valence-corrected chi connectivity index (χ4v) is 5.72. The topological polar surface area (TPSA) is 95.6 Å². The summed E-state index contributed by atoms with van der Waals surface area (Å²) in [6, 6.07) is 10.1. The van der Waals surface area contributed by atoms with Gasteiger partial charge in [0.1, 0.15) is 0 Å². The zero-order valence-corrected chi connectivity index (χ0v) is 19.2. The molecule has 1 aliphatic heterocycles. The van der Waals surface area contributed by atoms with Crippen LogP contribution >= 0.6 is 0 Å². The molecule has 0 unspecified atom stereocenters. The molecule has 2 aromatic carbocycles. The molecule has 0 saturated carbocycles. The van der Waals surface area contributed by atoms with Crippen molar-refractivity contribution >= 4 is 27.5 Å². The van der Waals surface area contributed by atoms with Gasteiger partial charge in [0, 0.05) is 37.3 Å². The number of likely N-dealkylation sites (tertiary alicyclic amines) is 1. The third kappa shape index (κ3) is 5.07. The second-order valence-corrected chi connectivity index (χ2v) is 9.71. The highest BCUT2D eigenvalue weighted by Crippen LogP contribution is 2.25. The van der Waals surface area contributed by atoms with Gasteiger partial charge in [0.25, 0.3) is 15.9 Å². The summed E-state index contributed by atoms with van der Waals surface area (Å²) in [6.07, 6.45) is 1.27. The van der Waals surface area contributed by atoms with E-state index in [4.69, 9.17) is 0 Å². The average molecular weight is 444 g/mol. The average Bonchev–Trinajstić information content (AvgIpc) is 2.72. The van der Waals surface area contributed by atoms with Crippen LogP contribution in [0.15, 0.2) is 41.3 Å². The van der Waals surface area contributed by atoms with Gasteiger partial charge in [0.15, 0.2) is 0 Å². The Bertz CT molecular complexity index is 1060. The molecule has 1 aliphatic rings. The molecule has 1 heterocycles. The summed E-state index contributed by atoms with van der Waals surface area (Å²) in [5.41, 5.74) is 3.28. The van der Waals surface area contributed by atoms with Crippen molar-refractivity contribution in [2.45, 2.75) is 38.5 Å². The molecule has 7 nitrogen and oxygen atoms in total. The summed E-state index contributed by atoms with van der Waals surface area (Å²) >= 11 is 0. The van der Waals surface area contributed by atoms with Gasteiger partial charge in [-0.1, -0.05) is 17.7 Å². The summed E-state index contributed by atoms with van der Waals surface area (Å²) in [7, 11) is -2.12. The van der Waals surface area contributed by atoms with E-state index in [0.717, 1.165) is 5.56 Å². The summed E-state index contributed by atoms with van der Waals surface area (Å²) in [5.74, 6) is -0.155. The van der Waals surface area contributed by atoms with Crippen LogP contribution in [-0.4, -0.2) is 45.3 Å². The summed E-state index contributed by atoms with van der Waals surface area (Å²) in [6.45, 7) is 6.54. The summed E-state index contributed by atoms with van der Waals surface area (Å²) in [4.78, 5) is 26.5. The van der Waals surface area contributed by atoms with Gasteiger partial charge in [0.2, 0.25) is 5.91 Å². The zero-order valence-electron chi connectivity index (χ0n) is 18.4. The third-order valence-corrected chi connectivity index (χ3v) is 7.34. The monoisotopic (exact) mass is 443 g/mol. The number of hydrogen-bond acceptors (Lipinski definition) is 4. The van der Waals surface area contributed by atoms with Crippen molar-refractivity contribution in [2.24, 2.45) is 5.92 Å². The van der Waals surface area contributed by atoms with E-state index >= 15 is 0 Å². The molecule has 0 aromatic heterocycles. The Morgan fingerprint density at radius 3 is 2.03 bits per heavy atom. The molecule has 0 radical (unpaired) electrons. The molecular weight excluding hydrogens is 414 g/mol. The highest BCUT2D eigenvalue weighted by molar-refractivity contribution is 7.92. The number of carbonyl (C=O) groups is 2. The lowest BCUT2D eigenvalue weighted by Gasteiger charge is -2.31. The number of carbonyl (C=O) groups excluding carboxylic acids is 2. The number of hydrogen-bond donors (Lipinski definition) is 2. The van der Waals surface area contributed by atoms with Crippen LogP contribution in [-0.2, 0) is 14.8 Å². The molecule has 1 saturated heterocycles. The van der Waals surface area contributed by atoms with E-state index in [-0.39, 0.29) is 22.6 Å². The molecule has 3 rings (SSSR count). The van der Waals surface area contributed by atoms with Crippen LogP contribution in [0.4, 0.5) is 5.69 Å². The van der Waals surface area contributed by atoms with Crippen molar-refractivity contribution in [3.8, 4) is 0 Å². The first-order valence-electron chi connectivity index (χ1n) is 10.3. The van der Waals surface area contributed by atoms with Crippen molar-refractivity contribution in [2.75, 3.05) is 24.9 Å². The summed E-state index contributed by atoms with van der Waals surface area (Å²) < 4.78 is 28.4. The van der Waals surface area contributed by atoms with Crippen molar-refractivity contribution in [3.05, 3.63) is 58.7 Å². The number of anilines is 1. The van der Waals surface area contributed by atoms with Gasteiger partial charge in [-0.3, -0.25) is 14.3 Å². The number of sulfonamides is 1. The lowest BCUT2D eigenvalue weighted by Crippen LogP contribution is -2.42. The fraction of sp³-hybridized carbons (Fsp3) is 0.391. The van der Waals surface area contributed by atoms with Crippen LogP contribution in [0.25, 0.3) is 0 Å². The van der Waals surface area contributed by atoms with Gasteiger partial charge in [0.05, 0.1) is 4.90 Å². The second kappa shape index (κ2) is 9.09. The van der Waals surface area contributed by atoms with E-state index in [1.807, 2.05) is 19.1 Å². The molecule has 0 spiro atoms. The minimum atomic E-state index is -3.75. The molecule has 8 heteroatoms. The summed E-state index contributed by atoms with van der Waals surface area (Å²) in [5, 5.41) is 2.66. The molecule has 1 fully saturated rings. The standard InChI is InChI=1S/C23H29N3O4S/c1-15-13-16(2)21(17(3)14-15)31(29,30)25-20-7-5-19(6-8-20)23(28)26-11-9-18(10-12-26)22(27)24-4/h5-8,13-14,18,25H,9-12H2,1-4H3,(H,24,27). The normalized spacial score (nSPS) is 14.9. The number of benzene rings is 2. The Morgan fingerprint density at radius 2 is 1.52 bits per heavy atom. The highest BCUT2D eigenvalue weighted by atomic mass is 32.2. The SMILES string of the molecule is CNC(=O)C1CCN(C(=O)c2ccc(NS(=O)(=O)c3c(C)cc(C)cc3C)cc2)CC1. The van der Waals surface area contributed by atoms with Gasteiger partial charge in [-0.25, -0.2) is 8.42 Å². The number of rotatable bonds is 5. The van der Waals surface area contributed by atoms with Crippen molar-refractivity contribution in [3.63, 3.8) is 0 Å². The van der Waals surface area contributed by atoms with E-state index in [0.29, 0.717) is 48.3 Å². The molecule has 31 heavy (non-hydrogen) atoms. The lowest BCUT2D eigenvalue weighted by molar-refractivity contribution is -0.125. The van der Waals surface area contributed by atoms with Crippen molar-refractivity contribution in [1.29, 1.82) is 0 Å². The van der Waals surface area contributed by atoms with Crippen LogP contribution in [0.5, 0.6) is 0 Å². The molecule has 0 bridgehead atoms. The number of nitrogens with zero attached hydrogens (tertiary/aromatic N) is 1. The van der Waals surface area contributed by atoms with Gasteiger partial charge in [-0.15, -0.1) is 0 Å². The van der Waals surface area contributed by atoms with Gasteiger partial charge in [-0.05, 0) is 69.0 Å². The molecule has 166 valence electrons. The highest BCUT2D eigenvalue weighted by Gasteiger charge is 2.27. The number of nitrogens with one attached hydrogen (secondary N) is 2. The Kier molecular flexibility index (Phi) is 6.69.